The molecule has 55 heavy (non-hydrogen) atoms. The smallest absolute Gasteiger partial charge is 0.164 e. The van der Waals surface area contributed by atoms with Gasteiger partial charge in [-0.3, -0.25) is 4.98 Å². The molecule has 0 fully saturated rings. The quantitative estimate of drug-likeness (QED) is 0.166. The van der Waals surface area contributed by atoms with Gasteiger partial charge < -0.3 is 4.57 Å². The highest BCUT2D eigenvalue weighted by Crippen LogP contribution is 2.36. The minimum Gasteiger partial charge on any atom is -0.309 e. The largest absolute Gasteiger partial charge is 0.309 e. The van der Waals surface area contributed by atoms with E-state index in [1.807, 2.05) is 24.4 Å². The molecule has 0 aliphatic rings. The zero-order chi connectivity index (χ0) is 36.6. The zero-order valence-electron chi connectivity index (χ0n) is 29.8. The lowest BCUT2D eigenvalue weighted by atomic mass is 10.0. The number of pyridine rings is 1. The van der Waals surface area contributed by atoms with Crippen LogP contribution in [-0.2, 0) is 0 Å². The van der Waals surface area contributed by atoms with Gasteiger partial charge in [0.2, 0.25) is 0 Å². The van der Waals surface area contributed by atoms with E-state index in [0.29, 0.717) is 17.5 Å². The maximum Gasteiger partial charge on any atom is 0.164 e. The molecule has 0 atom stereocenters. The van der Waals surface area contributed by atoms with Crippen molar-refractivity contribution >= 4 is 21.8 Å². The van der Waals surface area contributed by atoms with Crippen LogP contribution in [0.5, 0.6) is 0 Å². The van der Waals surface area contributed by atoms with Crippen molar-refractivity contribution in [1.29, 1.82) is 0 Å². The van der Waals surface area contributed by atoms with Crippen LogP contribution in [0.4, 0.5) is 0 Å². The Kier molecular flexibility index (Phi) is 8.08. The van der Waals surface area contributed by atoms with Crippen molar-refractivity contribution in [3.8, 4) is 73.2 Å². The molecule has 10 aromatic rings. The van der Waals surface area contributed by atoms with E-state index in [1.54, 1.807) is 6.20 Å². The lowest BCUT2D eigenvalue weighted by Gasteiger charge is -2.11. The molecule has 0 spiro atoms. The highest BCUT2D eigenvalue weighted by molar-refractivity contribution is 6.10. The number of fused-ring (bicyclic) bond motifs is 3. The summed E-state index contributed by atoms with van der Waals surface area (Å²) in [7, 11) is 0. The van der Waals surface area contributed by atoms with E-state index in [-0.39, 0.29) is 0 Å². The molecule has 0 saturated carbocycles. The molecule has 5 heteroatoms. The molecule has 3 aromatic heterocycles. The molecule has 0 saturated heterocycles. The van der Waals surface area contributed by atoms with E-state index in [9.17, 15) is 0 Å². The topological polar surface area (TPSA) is 56.5 Å². The number of nitrogens with zero attached hydrogens (tertiary/aromatic N) is 5. The molecule has 258 valence electrons. The fourth-order valence-electron chi connectivity index (χ4n) is 7.42. The number of hydrogen-bond donors (Lipinski definition) is 0. The Labute approximate surface area is 318 Å². The summed E-state index contributed by atoms with van der Waals surface area (Å²) in [4.78, 5) is 19.6. The summed E-state index contributed by atoms with van der Waals surface area (Å²) in [6, 6.07) is 65.6. The number of para-hydroxylation sites is 2. The Bertz CT molecular complexity index is 2850. The molecule has 0 bridgehead atoms. The molecule has 5 nitrogen and oxygen atoms in total. The molecule has 0 amide bonds. The fourth-order valence-corrected chi connectivity index (χ4v) is 7.42. The summed E-state index contributed by atoms with van der Waals surface area (Å²) in [5.74, 6) is 1.84. The minimum absolute atomic E-state index is 0.610. The van der Waals surface area contributed by atoms with Gasteiger partial charge in [-0.2, -0.15) is 0 Å². The molecule has 0 aliphatic carbocycles. The second kappa shape index (κ2) is 13.8. The van der Waals surface area contributed by atoms with Gasteiger partial charge in [0, 0.05) is 51.1 Å². The van der Waals surface area contributed by atoms with Crippen LogP contribution in [0.2, 0.25) is 0 Å². The molecule has 10 rings (SSSR count). The Morgan fingerprint density at radius 3 is 1.49 bits per heavy atom. The van der Waals surface area contributed by atoms with Crippen LogP contribution < -0.4 is 0 Å². The first kappa shape index (κ1) is 32.2. The maximum absolute atomic E-state index is 5.09. The van der Waals surface area contributed by atoms with Crippen LogP contribution >= 0.6 is 0 Å². The first-order valence-corrected chi connectivity index (χ1v) is 18.4. The number of rotatable bonds is 7. The molecule has 7 aromatic carbocycles. The van der Waals surface area contributed by atoms with Crippen molar-refractivity contribution in [2.45, 2.75) is 0 Å². The van der Waals surface area contributed by atoms with Crippen molar-refractivity contribution in [3.05, 3.63) is 200 Å². The van der Waals surface area contributed by atoms with Crippen LogP contribution in [0.25, 0.3) is 95.0 Å². The predicted octanol–water partition coefficient (Wildman–Crippen LogP) is 12.4. The molecule has 0 N–H and O–H groups in total. The van der Waals surface area contributed by atoms with Crippen LogP contribution in [-0.4, -0.2) is 24.5 Å². The van der Waals surface area contributed by atoms with Gasteiger partial charge in [0.15, 0.2) is 17.5 Å². The highest BCUT2D eigenvalue weighted by Gasteiger charge is 2.16. The Hall–Kier alpha value is -7.50. The number of hydrogen-bond acceptors (Lipinski definition) is 4. The Morgan fingerprint density at radius 2 is 0.800 bits per heavy atom. The summed E-state index contributed by atoms with van der Waals surface area (Å²) >= 11 is 0. The third-order valence-corrected chi connectivity index (χ3v) is 10.1. The van der Waals surface area contributed by atoms with Crippen LogP contribution in [0, 0.1) is 0 Å². The van der Waals surface area contributed by atoms with E-state index >= 15 is 0 Å². The first-order valence-electron chi connectivity index (χ1n) is 18.4. The lowest BCUT2D eigenvalue weighted by Crippen LogP contribution is -2.00. The van der Waals surface area contributed by atoms with Crippen molar-refractivity contribution in [1.82, 2.24) is 24.5 Å². The van der Waals surface area contributed by atoms with Crippen LogP contribution in [0.1, 0.15) is 0 Å². The van der Waals surface area contributed by atoms with Crippen LogP contribution in [0.15, 0.2) is 200 Å². The van der Waals surface area contributed by atoms with E-state index in [2.05, 4.69) is 179 Å². The third-order valence-electron chi connectivity index (χ3n) is 10.1. The number of aromatic nitrogens is 5. The van der Waals surface area contributed by atoms with Crippen molar-refractivity contribution in [2.24, 2.45) is 0 Å². The van der Waals surface area contributed by atoms with Crippen molar-refractivity contribution in [2.75, 3.05) is 0 Å². The summed E-state index contributed by atoms with van der Waals surface area (Å²) in [5.41, 5.74) is 12.8. The second-order valence-corrected chi connectivity index (χ2v) is 13.6. The molecular weight excluding hydrogens is 671 g/mol. The lowest BCUT2D eigenvalue weighted by molar-refractivity contribution is 1.07. The van der Waals surface area contributed by atoms with Crippen LogP contribution in [0.3, 0.4) is 0 Å². The molecule has 0 radical (unpaired) electrons. The molecule has 0 aliphatic heterocycles. The average molecular weight is 704 g/mol. The highest BCUT2D eigenvalue weighted by atomic mass is 15.0. The molecular formula is C50H33N5. The minimum atomic E-state index is 0.610. The zero-order valence-corrected chi connectivity index (χ0v) is 29.8. The summed E-state index contributed by atoms with van der Waals surface area (Å²) in [6.45, 7) is 0. The number of benzene rings is 7. The van der Waals surface area contributed by atoms with E-state index in [4.69, 9.17) is 15.0 Å². The SMILES string of the molecule is c1ccc(-c2cccc(-c3nc(-c4ccc(-c5ccc6c7ccccc7n(-c7ccccc7)c6c5)cc4)nc(-c4cccc(-c5cccnc5)c4)n3)c2)cc1. The van der Waals surface area contributed by atoms with Gasteiger partial charge in [-0.15, -0.1) is 0 Å². The average Bonchev–Trinajstić information content (AvgIpc) is 3.61. The fraction of sp³-hybridized carbons (Fsp3) is 0. The Balaban J connectivity index is 1.07. The predicted molar refractivity (Wildman–Crippen MR) is 225 cm³/mol. The summed E-state index contributed by atoms with van der Waals surface area (Å²) in [6.07, 6.45) is 3.66. The van der Waals surface area contributed by atoms with Crippen molar-refractivity contribution in [3.63, 3.8) is 0 Å². The maximum atomic E-state index is 5.09. The third kappa shape index (κ3) is 6.14. The van der Waals surface area contributed by atoms with E-state index in [1.165, 1.54) is 21.8 Å². The molecule has 3 heterocycles. The van der Waals surface area contributed by atoms with Gasteiger partial charge in [0.05, 0.1) is 11.0 Å². The normalized spacial score (nSPS) is 11.3. The van der Waals surface area contributed by atoms with Gasteiger partial charge in [-0.1, -0.05) is 146 Å². The van der Waals surface area contributed by atoms with Gasteiger partial charge in [0.25, 0.3) is 0 Å². The van der Waals surface area contributed by atoms with E-state index < -0.39 is 0 Å². The summed E-state index contributed by atoms with van der Waals surface area (Å²) in [5, 5.41) is 2.47. The first-order chi connectivity index (χ1) is 27.2. The van der Waals surface area contributed by atoms with Gasteiger partial charge in [0.1, 0.15) is 0 Å². The van der Waals surface area contributed by atoms with Gasteiger partial charge in [-0.05, 0) is 70.3 Å². The van der Waals surface area contributed by atoms with Crippen molar-refractivity contribution < 1.29 is 0 Å². The monoisotopic (exact) mass is 703 g/mol. The summed E-state index contributed by atoms with van der Waals surface area (Å²) < 4.78 is 2.35. The van der Waals surface area contributed by atoms with Gasteiger partial charge >= 0.3 is 0 Å². The standard InChI is InChI=1S/C50H33N5/c1-3-12-34(13-4-1)37-14-9-16-40(30-37)49-52-48(53-50(54-49)41-17-10-15-38(31-41)42-18-11-29-51-33-42)36-25-23-35(24-26-36)39-27-28-45-44-21-7-8-22-46(44)55(47(45)32-39)43-19-5-2-6-20-43/h1-33H. The van der Waals surface area contributed by atoms with Gasteiger partial charge in [-0.25, -0.2) is 15.0 Å². The van der Waals surface area contributed by atoms with E-state index in [0.717, 1.165) is 55.8 Å². The molecule has 0 unspecified atom stereocenters. The second-order valence-electron chi connectivity index (χ2n) is 13.6. The Morgan fingerprint density at radius 1 is 0.309 bits per heavy atom.